The Morgan fingerprint density at radius 3 is 3.05 bits per heavy atom. The maximum absolute atomic E-state index is 12.2. The van der Waals surface area contributed by atoms with Gasteiger partial charge in [-0.2, -0.15) is 0 Å². The van der Waals surface area contributed by atoms with E-state index in [9.17, 15) is 9.59 Å². The van der Waals surface area contributed by atoms with Gasteiger partial charge in [0.15, 0.2) is 0 Å². The van der Waals surface area contributed by atoms with E-state index in [0.29, 0.717) is 26.1 Å². The summed E-state index contributed by atoms with van der Waals surface area (Å²) < 4.78 is 0. The fourth-order valence-electron chi connectivity index (χ4n) is 2.22. The number of aliphatic carboxylic acids is 1. The molecule has 1 fully saturated rings. The predicted molar refractivity (Wildman–Crippen MR) is 70.9 cm³/mol. The summed E-state index contributed by atoms with van der Waals surface area (Å²) in [5.41, 5.74) is 2.59. The molecule has 2 amide bonds. The molecule has 0 saturated carbocycles. The Labute approximate surface area is 115 Å². The van der Waals surface area contributed by atoms with Crippen molar-refractivity contribution in [3.63, 3.8) is 0 Å². The first kappa shape index (κ1) is 13.8. The van der Waals surface area contributed by atoms with Crippen LogP contribution >= 0.6 is 11.3 Å². The first-order valence-electron chi connectivity index (χ1n) is 6.18. The zero-order chi connectivity index (χ0) is 13.8. The summed E-state index contributed by atoms with van der Waals surface area (Å²) in [6, 6.07) is -0.126. The fourth-order valence-corrected chi connectivity index (χ4v) is 2.77. The van der Waals surface area contributed by atoms with Gasteiger partial charge in [-0.25, -0.2) is 9.78 Å². The van der Waals surface area contributed by atoms with Crippen LogP contribution in [0.3, 0.4) is 0 Å². The molecule has 2 rings (SSSR count). The molecule has 0 aliphatic carbocycles. The van der Waals surface area contributed by atoms with Crippen molar-refractivity contribution in [3.05, 3.63) is 16.6 Å². The van der Waals surface area contributed by atoms with Crippen LogP contribution in [0.25, 0.3) is 0 Å². The van der Waals surface area contributed by atoms with Gasteiger partial charge in [0.25, 0.3) is 0 Å². The lowest BCUT2D eigenvalue weighted by molar-refractivity contribution is -0.143. The van der Waals surface area contributed by atoms with Crippen molar-refractivity contribution < 1.29 is 14.7 Å². The molecule has 6 nitrogen and oxygen atoms in total. The number of likely N-dealkylation sites (tertiary alicyclic amines) is 1. The average molecular weight is 283 g/mol. The van der Waals surface area contributed by atoms with Crippen LogP contribution in [0.5, 0.6) is 0 Å². The van der Waals surface area contributed by atoms with Gasteiger partial charge in [-0.05, 0) is 12.8 Å². The number of amides is 2. The van der Waals surface area contributed by atoms with E-state index >= 15 is 0 Å². The van der Waals surface area contributed by atoms with E-state index < -0.39 is 11.9 Å². The molecule has 104 valence electrons. The number of carboxylic acid groups (broad SMARTS) is 1. The number of hydrogen-bond acceptors (Lipinski definition) is 4. The van der Waals surface area contributed by atoms with E-state index in [0.717, 1.165) is 12.1 Å². The number of hydrogen-bond donors (Lipinski definition) is 1. The number of rotatable bonds is 3. The molecule has 1 aromatic rings. The highest BCUT2D eigenvalue weighted by atomic mass is 32.1. The van der Waals surface area contributed by atoms with Gasteiger partial charge in [0, 0.05) is 25.5 Å². The quantitative estimate of drug-likeness (QED) is 0.912. The maximum atomic E-state index is 12.2. The molecule has 19 heavy (non-hydrogen) atoms. The van der Waals surface area contributed by atoms with Gasteiger partial charge in [0.2, 0.25) is 0 Å². The summed E-state index contributed by atoms with van der Waals surface area (Å²) in [7, 11) is 1.71. The van der Waals surface area contributed by atoms with E-state index in [4.69, 9.17) is 5.11 Å². The highest BCUT2D eigenvalue weighted by Gasteiger charge is 2.29. The average Bonchev–Trinajstić information content (AvgIpc) is 2.90. The van der Waals surface area contributed by atoms with Crippen molar-refractivity contribution in [1.29, 1.82) is 0 Å². The molecule has 1 N–H and O–H groups in total. The maximum Gasteiger partial charge on any atom is 0.320 e. The van der Waals surface area contributed by atoms with Crippen LogP contribution in [0.2, 0.25) is 0 Å². The Bertz CT molecular complexity index is 449. The topological polar surface area (TPSA) is 73.7 Å². The molecule has 0 aromatic carbocycles. The Kier molecular flexibility index (Phi) is 4.36. The van der Waals surface area contributed by atoms with Crippen LogP contribution in [-0.2, 0) is 11.3 Å². The zero-order valence-corrected chi connectivity index (χ0v) is 11.6. The largest absolute Gasteiger partial charge is 0.481 e. The lowest BCUT2D eigenvalue weighted by Crippen LogP contribution is -2.47. The second-order valence-corrected chi connectivity index (χ2v) is 5.46. The number of carboxylic acids is 1. The van der Waals surface area contributed by atoms with Crippen molar-refractivity contribution >= 4 is 23.3 Å². The van der Waals surface area contributed by atoms with Crippen LogP contribution < -0.4 is 0 Å². The lowest BCUT2D eigenvalue weighted by atomic mass is 9.99. The molecule has 2 heterocycles. The number of carbonyl (C=O) groups excluding carboxylic acids is 1. The molecule has 1 aliphatic heterocycles. The Balaban J connectivity index is 1.93. The monoisotopic (exact) mass is 283 g/mol. The van der Waals surface area contributed by atoms with Gasteiger partial charge in [0.1, 0.15) is 0 Å². The van der Waals surface area contributed by atoms with Gasteiger partial charge < -0.3 is 14.9 Å². The summed E-state index contributed by atoms with van der Waals surface area (Å²) in [5.74, 6) is -1.26. The third-order valence-corrected chi connectivity index (χ3v) is 3.89. The van der Waals surface area contributed by atoms with Crippen LogP contribution in [0.1, 0.15) is 18.5 Å². The van der Waals surface area contributed by atoms with E-state index in [2.05, 4.69) is 4.98 Å². The molecule has 0 bridgehead atoms. The Hall–Kier alpha value is -1.63. The second-order valence-electron chi connectivity index (χ2n) is 4.74. The molecule has 0 radical (unpaired) electrons. The number of nitrogens with zero attached hydrogens (tertiary/aromatic N) is 3. The van der Waals surface area contributed by atoms with Crippen LogP contribution in [0, 0.1) is 5.92 Å². The smallest absolute Gasteiger partial charge is 0.320 e. The van der Waals surface area contributed by atoms with Gasteiger partial charge in [0.05, 0.1) is 23.7 Å². The Morgan fingerprint density at radius 1 is 1.63 bits per heavy atom. The summed E-state index contributed by atoms with van der Waals surface area (Å²) in [6.45, 7) is 1.39. The summed E-state index contributed by atoms with van der Waals surface area (Å²) >= 11 is 1.49. The Morgan fingerprint density at radius 2 is 2.42 bits per heavy atom. The first-order chi connectivity index (χ1) is 9.08. The van der Waals surface area contributed by atoms with Gasteiger partial charge in [-0.1, -0.05) is 0 Å². The van der Waals surface area contributed by atoms with Crippen molar-refractivity contribution in [2.24, 2.45) is 5.92 Å². The van der Waals surface area contributed by atoms with Gasteiger partial charge in [-0.15, -0.1) is 11.3 Å². The standard InChI is InChI=1S/C12H17N3O3S/c1-14(6-10-7-19-8-13-10)12(18)15-4-2-3-9(5-15)11(16)17/h7-9H,2-6H2,1H3,(H,16,17)/t9-/m1/s1. The van der Waals surface area contributed by atoms with Crippen LogP contribution in [-0.4, -0.2) is 52.0 Å². The highest BCUT2D eigenvalue weighted by molar-refractivity contribution is 7.07. The minimum absolute atomic E-state index is 0.126. The molecule has 0 unspecified atom stereocenters. The molecule has 7 heteroatoms. The van der Waals surface area contributed by atoms with Crippen molar-refractivity contribution in [2.75, 3.05) is 20.1 Å². The van der Waals surface area contributed by atoms with Gasteiger partial charge in [-0.3, -0.25) is 4.79 Å². The number of urea groups is 1. The number of piperidine rings is 1. The zero-order valence-electron chi connectivity index (χ0n) is 10.8. The highest BCUT2D eigenvalue weighted by Crippen LogP contribution is 2.18. The molecular weight excluding hydrogens is 266 g/mol. The fraction of sp³-hybridized carbons (Fsp3) is 0.583. The third kappa shape index (κ3) is 3.44. The van der Waals surface area contributed by atoms with E-state index in [1.807, 2.05) is 5.38 Å². The predicted octanol–water partition coefficient (Wildman–Crippen LogP) is 1.49. The second kappa shape index (κ2) is 6.01. The number of aromatic nitrogens is 1. The first-order valence-corrected chi connectivity index (χ1v) is 7.12. The minimum Gasteiger partial charge on any atom is -0.481 e. The summed E-state index contributed by atoms with van der Waals surface area (Å²) in [4.78, 5) is 30.6. The SMILES string of the molecule is CN(Cc1cscn1)C(=O)N1CCC[C@@H](C(=O)O)C1. The number of carbonyl (C=O) groups is 2. The molecule has 1 atom stereocenters. The molecule has 1 saturated heterocycles. The van der Waals surface area contributed by atoms with Crippen molar-refractivity contribution in [1.82, 2.24) is 14.8 Å². The minimum atomic E-state index is -0.820. The molecule has 1 aromatic heterocycles. The normalized spacial score (nSPS) is 19.2. The lowest BCUT2D eigenvalue weighted by Gasteiger charge is -2.33. The third-order valence-electron chi connectivity index (χ3n) is 3.25. The molecular formula is C12H17N3O3S. The van der Waals surface area contributed by atoms with Crippen molar-refractivity contribution in [2.45, 2.75) is 19.4 Å². The van der Waals surface area contributed by atoms with Crippen LogP contribution in [0.15, 0.2) is 10.9 Å². The van der Waals surface area contributed by atoms with Crippen LogP contribution in [0.4, 0.5) is 4.79 Å². The molecule has 0 spiro atoms. The van der Waals surface area contributed by atoms with Gasteiger partial charge >= 0.3 is 12.0 Å². The van der Waals surface area contributed by atoms with Crippen molar-refractivity contribution in [3.8, 4) is 0 Å². The number of thiazole rings is 1. The van der Waals surface area contributed by atoms with E-state index in [-0.39, 0.29) is 6.03 Å². The molecule has 1 aliphatic rings. The van der Waals surface area contributed by atoms with E-state index in [1.165, 1.54) is 11.3 Å². The van der Waals surface area contributed by atoms with E-state index in [1.54, 1.807) is 22.4 Å². The summed E-state index contributed by atoms with van der Waals surface area (Å²) in [5, 5.41) is 10.9. The summed E-state index contributed by atoms with van der Waals surface area (Å²) in [6.07, 6.45) is 1.39.